The molecule has 0 spiro atoms. The highest BCUT2D eigenvalue weighted by molar-refractivity contribution is 7.98. The van der Waals surface area contributed by atoms with Crippen molar-refractivity contribution in [2.45, 2.75) is 33.4 Å². The molecule has 0 unspecified atom stereocenters. The fourth-order valence-corrected chi connectivity index (χ4v) is 3.30. The van der Waals surface area contributed by atoms with Crippen LogP contribution in [0.4, 0.5) is 5.82 Å². The first-order chi connectivity index (χ1) is 11.1. The van der Waals surface area contributed by atoms with E-state index in [4.69, 9.17) is 0 Å². The molecule has 0 amide bonds. The van der Waals surface area contributed by atoms with Gasteiger partial charge in [-0.25, -0.2) is 9.97 Å². The normalized spacial score (nSPS) is 11.3. The molecule has 6 nitrogen and oxygen atoms in total. The summed E-state index contributed by atoms with van der Waals surface area (Å²) in [6.07, 6.45) is 1.75. The molecule has 3 heterocycles. The van der Waals surface area contributed by atoms with Crippen molar-refractivity contribution in [2.75, 3.05) is 17.6 Å². The molecule has 0 saturated heterocycles. The van der Waals surface area contributed by atoms with E-state index in [1.807, 2.05) is 36.2 Å². The Bertz CT molecular complexity index is 819. The van der Waals surface area contributed by atoms with Crippen molar-refractivity contribution < 1.29 is 0 Å². The first-order valence-corrected chi connectivity index (χ1v) is 8.86. The van der Waals surface area contributed by atoms with Crippen molar-refractivity contribution in [2.24, 2.45) is 0 Å². The zero-order valence-electron chi connectivity index (χ0n) is 14.0. The van der Waals surface area contributed by atoms with E-state index in [1.165, 1.54) is 0 Å². The molecular formula is C16H22N6S. The van der Waals surface area contributed by atoms with Gasteiger partial charge in [0.25, 0.3) is 0 Å². The maximum absolute atomic E-state index is 4.59. The van der Waals surface area contributed by atoms with Gasteiger partial charge in [-0.15, -0.1) is 0 Å². The highest BCUT2D eigenvalue weighted by Crippen LogP contribution is 2.18. The van der Waals surface area contributed by atoms with Gasteiger partial charge in [-0.05, 0) is 27.7 Å². The van der Waals surface area contributed by atoms with Crippen molar-refractivity contribution in [3.05, 3.63) is 40.7 Å². The lowest BCUT2D eigenvalue weighted by molar-refractivity contribution is 0.905. The number of anilines is 1. The summed E-state index contributed by atoms with van der Waals surface area (Å²) >= 11 is 1.87. The number of imidazole rings is 1. The average molecular weight is 330 g/mol. The Morgan fingerprint density at radius 2 is 2.09 bits per heavy atom. The van der Waals surface area contributed by atoms with Gasteiger partial charge in [-0.1, -0.05) is 0 Å². The van der Waals surface area contributed by atoms with E-state index in [0.29, 0.717) is 0 Å². The van der Waals surface area contributed by atoms with Crippen LogP contribution in [0, 0.1) is 27.7 Å². The Kier molecular flexibility index (Phi) is 4.56. The van der Waals surface area contributed by atoms with E-state index in [0.717, 1.165) is 57.9 Å². The molecule has 0 aliphatic carbocycles. The maximum atomic E-state index is 4.59. The van der Waals surface area contributed by atoms with Crippen LogP contribution in [0.5, 0.6) is 0 Å². The van der Waals surface area contributed by atoms with Crippen LogP contribution in [0.15, 0.2) is 12.4 Å². The van der Waals surface area contributed by atoms with E-state index < -0.39 is 0 Å². The van der Waals surface area contributed by atoms with E-state index in [2.05, 4.69) is 39.2 Å². The molecule has 2 N–H and O–H groups in total. The van der Waals surface area contributed by atoms with Gasteiger partial charge in [0.1, 0.15) is 5.82 Å². The molecule has 0 fully saturated rings. The second-order valence-electron chi connectivity index (χ2n) is 5.68. The number of nitrogens with zero attached hydrogens (tertiary/aromatic N) is 4. The van der Waals surface area contributed by atoms with Crippen LogP contribution in [0.25, 0.3) is 5.65 Å². The summed E-state index contributed by atoms with van der Waals surface area (Å²) in [6, 6.07) is 2.04. The predicted octanol–water partition coefficient (Wildman–Crippen LogP) is 3.03. The van der Waals surface area contributed by atoms with E-state index in [-0.39, 0.29) is 0 Å². The molecule has 0 aromatic carbocycles. The highest BCUT2D eigenvalue weighted by atomic mass is 32.2. The number of H-pyrrole nitrogens is 1. The second kappa shape index (κ2) is 6.62. The minimum Gasteiger partial charge on any atom is -0.369 e. The van der Waals surface area contributed by atoms with Gasteiger partial charge in [0.15, 0.2) is 5.65 Å². The zero-order chi connectivity index (χ0) is 16.4. The van der Waals surface area contributed by atoms with E-state index in [9.17, 15) is 0 Å². The number of aryl methyl sites for hydroxylation is 4. The van der Waals surface area contributed by atoms with Gasteiger partial charge in [0.05, 0.1) is 17.7 Å². The topological polar surface area (TPSA) is 70.9 Å². The minimum absolute atomic E-state index is 0.880. The number of rotatable bonds is 6. The number of thioether (sulfide) groups is 1. The molecule has 23 heavy (non-hydrogen) atoms. The first-order valence-electron chi connectivity index (χ1n) is 7.70. The second-order valence-corrected chi connectivity index (χ2v) is 6.79. The third-order valence-corrected chi connectivity index (χ3v) is 4.88. The summed E-state index contributed by atoms with van der Waals surface area (Å²) in [5.74, 6) is 2.94. The summed E-state index contributed by atoms with van der Waals surface area (Å²) < 4.78 is 1.90. The van der Waals surface area contributed by atoms with Gasteiger partial charge in [0.2, 0.25) is 0 Å². The van der Waals surface area contributed by atoms with Crippen LogP contribution in [0.1, 0.15) is 28.3 Å². The lowest BCUT2D eigenvalue weighted by Crippen LogP contribution is -2.10. The molecular weight excluding hydrogens is 308 g/mol. The lowest BCUT2D eigenvalue weighted by Gasteiger charge is -2.09. The summed E-state index contributed by atoms with van der Waals surface area (Å²) in [5, 5.41) is 8.05. The smallest absolute Gasteiger partial charge is 0.160 e. The van der Waals surface area contributed by atoms with Crippen LogP contribution in [-0.2, 0) is 5.75 Å². The van der Waals surface area contributed by atoms with Gasteiger partial charge in [-0.2, -0.15) is 21.4 Å². The van der Waals surface area contributed by atoms with E-state index in [1.54, 1.807) is 6.33 Å². The Morgan fingerprint density at radius 3 is 2.83 bits per heavy atom. The Balaban J connectivity index is 1.61. The van der Waals surface area contributed by atoms with Crippen LogP contribution >= 0.6 is 11.8 Å². The quantitative estimate of drug-likeness (QED) is 0.680. The number of hydrogen-bond acceptors (Lipinski definition) is 5. The van der Waals surface area contributed by atoms with Crippen LogP contribution in [0.2, 0.25) is 0 Å². The van der Waals surface area contributed by atoms with Gasteiger partial charge < -0.3 is 10.3 Å². The first kappa shape index (κ1) is 15.9. The van der Waals surface area contributed by atoms with Crippen LogP contribution in [0.3, 0.4) is 0 Å². The van der Waals surface area contributed by atoms with E-state index >= 15 is 0 Å². The fraction of sp³-hybridized carbons (Fsp3) is 0.438. The van der Waals surface area contributed by atoms with Crippen molar-refractivity contribution in [1.82, 2.24) is 24.6 Å². The average Bonchev–Trinajstić information content (AvgIpc) is 3.04. The predicted molar refractivity (Wildman–Crippen MR) is 95.2 cm³/mol. The Morgan fingerprint density at radius 1 is 1.26 bits per heavy atom. The molecule has 3 rings (SSSR count). The van der Waals surface area contributed by atoms with Crippen LogP contribution < -0.4 is 5.32 Å². The van der Waals surface area contributed by atoms with Gasteiger partial charge >= 0.3 is 0 Å². The minimum atomic E-state index is 0.880. The van der Waals surface area contributed by atoms with Crippen molar-refractivity contribution in [3.63, 3.8) is 0 Å². The lowest BCUT2D eigenvalue weighted by atomic mass is 10.3. The summed E-state index contributed by atoms with van der Waals surface area (Å²) in [4.78, 5) is 12.0. The number of fused-ring (bicyclic) bond motifs is 1. The molecule has 3 aromatic rings. The highest BCUT2D eigenvalue weighted by Gasteiger charge is 2.10. The number of nitrogens with one attached hydrogen (secondary N) is 2. The van der Waals surface area contributed by atoms with Gasteiger partial charge in [-0.3, -0.25) is 0 Å². The van der Waals surface area contributed by atoms with Crippen molar-refractivity contribution in [1.29, 1.82) is 0 Å². The molecule has 122 valence electrons. The van der Waals surface area contributed by atoms with Crippen molar-refractivity contribution in [3.8, 4) is 0 Å². The molecule has 0 radical (unpaired) electrons. The fourth-order valence-electron chi connectivity index (χ4n) is 2.43. The Labute approximate surface area is 140 Å². The van der Waals surface area contributed by atoms with Crippen LogP contribution in [-0.4, -0.2) is 36.9 Å². The zero-order valence-corrected chi connectivity index (χ0v) is 14.8. The molecule has 0 bridgehead atoms. The third-order valence-electron chi connectivity index (χ3n) is 3.91. The molecule has 7 heteroatoms. The summed E-state index contributed by atoms with van der Waals surface area (Å²) in [5.41, 5.74) is 6.39. The number of aromatic amines is 1. The van der Waals surface area contributed by atoms with Gasteiger partial charge in [0, 0.05) is 41.1 Å². The molecule has 0 atom stereocenters. The molecule has 0 aliphatic heterocycles. The standard InChI is InChI=1S/C16H22N6S/c1-10-7-15(22-16(20-10)11(2)12(3)21-22)17-5-6-23-8-14-13(4)18-9-19-14/h7,9,17H,5-6,8H2,1-4H3,(H,18,19). The van der Waals surface area contributed by atoms with Crippen molar-refractivity contribution >= 4 is 23.2 Å². The largest absolute Gasteiger partial charge is 0.369 e. The number of aromatic nitrogens is 5. The third kappa shape index (κ3) is 3.34. The maximum Gasteiger partial charge on any atom is 0.160 e. The molecule has 3 aromatic heterocycles. The summed E-state index contributed by atoms with van der Waals surface area (Å²) in [7, 11) is 0. The monoisotopic (exact) mass is 330 g/mol. The molecule has 0 saturated carbocycles. The summed E-state index contributed by atoms with van der Waals surface area (Å²) in [6.45, 7) is 9.04. The Hall–Kier alpha value is -2.02. The SMILES string of the molecule is Cc1cc(NCCSCc2nc[nH]c2C)n2nc(C)c(C)c2n1. The number of hydrogen-bond donors (Lipinski definition) is 2. The molecule has 0 aliphatic rings.